The largest absolute Gasteiger partial charge is 0.378 e. The lowest BCUT2D eigenvalue weighted by atomic mass is 10.0. The molecule has 1 fully saturated rings. The number of alkyl halides is 1. The first-order chi connectivity index (χ1) is 7.20. The Morgan fingerprint density at radius 3 is 2.73 bits per heavy atom. The van der Waals surface area contributed by atoms with Crippen LogP contribution in [0.3, 0.4) is 0 Å². The highest BCUT2D eigenvalue weighted by Gasteiger charge is 2.33. The summed E-state index contributed by atoms with van der Waals surface area (Å²) in [7, 11) is 0. The van der Waals surface area contributed by atoms with Crippen molar-refractivity contribution in [3.63, 3.8) is 0 Å². The van der Waals surface area contributed by atoms with Gasteiger partial charge in [0.2, 0.25) is 5.91 Å². The summed E-state index contributed by atoms with van der Waals surface area (Å²) in [6.45, 7) is 6.20. The summed E-state index contributed by atoms with van der Waals surface area (Å²) >= 11 is 5.69. The third kappa shape index (κ3) is 3.35. The Morgan fingerprint density at radius 1 is 1.53 bits per heavy atom. The van der Waals surface area contributed by atoms with Gasteiger partial charge in [-0.1, -0.05) is 6.92 Å². The normalized spacial score (nSPS) is 25.5. The average molecular weight is 234 g/mol. The summed E-state index contributed by atoms with van der Waals surface area (Å²) < 4.78 is 5.41. The Labute approximate surface area is 96.7 Å². The Morgan fingerprint density at radius 2 is 2.27 bits per heavy atom. The third-order valence-corrected chi connectivity index (χ3v) is 3.02. The molecule has 1 heterocycles. The van der Waals surface area contributed by atoms with E-state index in [2.05, 4.69) is 6.92 Å². The fraction of sp³-hybridized carbons (Fsp3) is 0.909. The Bertz CT molecular complexity index is 205. The fourth-order valence-electron chi connectivity index (χ4n) is 1.99. The first-order valence-electron chi connectivity index (χ1n) is 5.67. The Kier molecular flexibility index (Phi) is 5.40. The van der Waals surface area contributed by atoms with Crippen molar-refractivity contribution in [3.05, 3.63) is 0 Å². The van der Waals surface area contributed by atoms with Gasteiger partial charge in [0.15, 0.2) is 0 Å². The van der Waals surface area contributed by atoms with Crippen molar-refractivity contribution in [1.82, 2.24) is 4.90 Å². The predicted molar refractivity (Wildman–Crippen MR) is 61.1 cm³/mol. The first-order valence-corrected chi connectivity index (χ1v) is 6.20. The van der Waals surface area contributed by atoms with Crippen LogP contribution in [0.5, 0.6) is 0 Å². The summed E-state index contributed by atoms with van der Waals surface area (Å²) in [6.07, 6.45) is 1.89. The highest BCUT2D eigenvalue weighted by molar-refractivity contribution is 6.18. The molecule has 1 aliphatic heterocycles. The maximum atomic E-state index is 12.1. The molecule has 15 heavy (non-hydrogen) atoms. The lowest BCUT2D eigenvalue weighted by Gasteiger charge is -2.25. The molecule has 1 rings (SSSR count). The van der Waals surface area contributed by atoms with E-state index < -0.39 is 0 Å². The fourth-order valence-corrected chi connectivity index (χ4v) is 2.20. The summed E-state index contributed by atoms with van der Waals surface area (Å²) in [5, 5.41) is 0. The van der Waals surface area contributed by atoms with Crippen LogP contribution >= 0.6 is 11.6 Å². The van der Waals surface area contributed by atoms with Crippen LogP contribution < -0.4 is 0 Å². The van der Waals surface area contributed by atoms with Gasteiger partial charge in [0.25, 0.3) is 0 Å². The molecule has 0 spiro atoms. The molecule has 1 amide bonds. The van der Waals surface area contributed by atoms with E-state index in [1.54, 1.807) is 0 Å². The maximum Gasteiger partial charge on any atom is 0.228 e. The molecule has 1 saturated heterocycles. The summed E-state index contributed by atoms with van der Waals surface area (Å²) in [5.74, 6) is 0.760. The molecule has 0 aromatic rings. The van der Waals surface area contributed by atoms with E-state index in [1.165, 1.54) is 0 Å². The first kappa shape index (κ1) is 12.8. The number of amides is 1. The van der Waals surface area contributed by atoms with E-state index >= 15 is 0 Å². The molecule has 1 aliphatic rings. The zero-order valence-electron chi connectivity index (χ0n) is 9.54. The average Bonchev–Trinajstić information content (AvgIpc) is 2.63. The van der Waals surface area contributed by atoms with Crippen LogP contribution in [0.1, 0.15) is 26.7 Å². The molecule has 0 saturated carbocycles. The van der Waals surface area contributed by atoms with Gasteiger partial charge in [0, 0.05) is 25.6 Å². The molecule has 2 unspecified atom stereocenters. The molecule has 2 atom stereocenters. The molecule has 0 aromatic carbocycles. The highest BCUT2D eigenvalue weighted by Crippen LogP contribution is 2.22. The topological polar surface area (TPSA) is 29.5 Å². The number of rotatable bonds is 5. The van der Waals surface area contributed by atoms with Gasteiger partial charge in [0.1, 0.15) is 0 Å². The minimum atomic E-state index is 0.0415. The number of carbonyl (C=O) groups is 1. The molecule has 3 nitrogen and oxygen atoms in total. The highest BCUT2D eigenvalue weighted by atomic mass is 35.5. The van der Waals surface area contributed by atoms with Gasteiger partial charge >= 0.3 is 0 Å². The van der Waals surface area contributed by atoms with E-state index in [4.69, 9.17) is 16.3 Å². The van der Waals surface area contributed by atoms with Gasteiger partial charge in [-0.05, 0) is 19.8 Å². The smallest absolute Gasteiger partial charge is 0.228 e. The monoisotopic (exact) mass is 233 g/mol. The van der Waals surface area contributed by atoms with Crippen LogP contribution in [0.15, 0.2) is 0 Å². The number of halogens is 1. The minimum Gasteiger partial charge on any atom is -0.378 e. The van der Waals surface area contributed by atoms with Crippen molar-refractivity contribution in [3.8, 4) is 0 Å². The van der Waals surface area contributed by atoms with Crippen molar-refractivity contribution < 1.29 is 9.53 Å². The zero-order chi connectivity index (χ0) is 11.3. The zero-order valence-corrected chi connectivity index (χ0v) is 10.3. The molecule has 0 aliphatic carbocycles. The molecule has 0 radical (unpaired) electrons. The van der Waals surface area contributed by atoms with E-state index in [9.17, 15) is 4.79 Å². The summed E-state index contributed by atoms with van der Waals surface area (Å²) in [6, 6.07) is 0. The second kappa shape index (κ2) is 6.33. The van der Waals surface area contributed by atoms with Gasteiger partial charge in [0.05, 0.1) is 12.0 Å². The van der Waals surface area contributed by atoms with E-state index in [0.717, 1.165) is 19.4 Å². The van der Waals surface area contributed by atoms with Gasteiger partial charge < -0.3 is 9.64 Å². The second-order valence-electron chi connectivity index (χ2n) is 3.99. The lowest BCUT2D eigenvalue weighted by molar-refractivity contribution is -0.136. The third-order valence-electron chi connectivity index (χ3n) is 2.85. The summed E-state index contributed by atoms with van der Waals surface area (Å²) in [4.78, 5) is 14.0. The Balaban J connectivity index is 2.54. The van der Waals surface area contributed by atoms with Crippen molar-refractivity contribution in [1.29, 1.82) is 0 Å². The number of nitrogens with zero attached hydrogens (tertiary/aromatic N) is 1. The SMILES string of the molecule is CCCN(CCCl)C(=O)C1CCOC1C. The van der Waals surface area contributed by atoms with Gasteiger partial charge in [-0.3, -0.25) is 4.79 Å². The van der Waals surface area contributed by atoms with Crippen molar-refractivity contribution in [2.75, 3.05) is 25.6 Å². The van der Waals surface area contributed by atoms with Crippen molar-refractivity contribution in [2.24, 2.45) is 5.92 Å². The number of ether oxygens (including phenoxy) is 1. The quantitative estimate of drug-likeness (QED) is 0.679. The van der Waals surface area contributed by atoms with Crippen LogP contribution in [0.2, 0.25) is 0 Å². The minimum absolute atomic E-state index is 0.0415. The van der Waals surface area contributed by atoms with Crippen molar-refractivity contribution >= 4 is 17.5 Å². The molecule has 0 aromatic heterocycles. The van der Waals surface area contributed by atoms with Gasteiger partial charge in [-0.2, -0.15) is 0 Å². The number of hydrogen-bond acceptors (Lipinski definition) is 2. The van der Waals surface area contributed by atoms with Crippen LogP contribution in [0.4, 0.5) is 0 Å². The van der Waals surface area contributed by atoms with Crippen LogP contribution in [0, 0.1) is 5.92 Å². The van der Waals surface area contributed by atoms with Crippen molar-refractivity contribution in [2.45, 2.75) is 32.8 Å². The predicted octanol–water partition coefficient (Wildman–Crippen LogP) is 1.89. The molecular weight excluding hydrogens is 214 g/mol. The van der Waals surface area contributed by atoms with E-state index in [1.807, 2.05) is 11.8 Å². The lowest BCUT2D eigenvalue weighted by Crippen LogP contribution is -2.40. The van der Waals surface area contributed by atoms with E-state index in [0.29, 0.717) is 19.0 Å². The maximum absolute atomic E-state index is 12.1. The van der Waals surface area contributed by atoms with Gasteiger partial charge in [-0.15, -0.1) is 11.6 Å². The number of hydrogen-bond donors (Lipinski definition) is 0. The van der Waals surface area contributed by atoms with E-state index in [-0.39, 0.29) is 17.9 Å². The van der Waals surface area contributed by atoms with Crippen LogP contribution in [-0.4, -0.2) is 42.5 Å². The van der Waals surface area contributed by atoms with Gasteiger partial charge in [-0.25, -0.2) is 0 Å². The molecular formula is C11H20ClNO2. The van der Waals surface area contributed by atoms with Crippen LogP contribution in [-0.2, 0) is 9.53 Å². The van der Waals surface area contributed by atoms with Crippen LogP contribution in [0.25, 0.3) is 0 Å². The number of carbonyl (C=O) groups excluding carboxylic acids is 1. The standard InChI is InChI=1S/C11H20ClNO2/c1-3-6-13(7-5-12)11(14)10-4-8-15-9(10)2/h9-10H,3-8H2,1-2H3. The second-order valence-corrected chi connectivity index (χ2v) is 4.36. The molecule has 0 N–H and O–H groups in total. The summed E-state index contributed by atoms with van der Waals surface area (Å²) in [5.41, 5.74) is 0. The Hall–Kier alpha value is -0.280. The molecule has 4 heteroatoms. The molecule has 0 bridgehead atoms. The molecule has 88 valence electrons.